The first kappa shape index (κ1) is 10.0. The normalized spacial score (nSPS) is 10.2. The van der Waals surface area contributed by atoms with Crippen molar-refractivity contribution < 1.29 is 15.0 Å². The van der Waals surface area contributed by atoms with Gasteiger partial charge in [-0.15, -0.1) is 0 Å². The number of carboxylic acid groups (broad SMARTS) is 1. The summed E-state index contributed by atoms with van der Waals surface area (Å²) in [7, 11) is 0. The van der Waals surface area contributed by atoms with E-state index in [1.807, 2.05) is 0 Å². The Kier molecular flexibility index (Phi) is 2.24. The molecule has 0 saturated heterocycles. The fraction of sp³-hybridized carbons (Fsp3) is 0. The Balaban J connectivity index is 2.47. The molecule has 0 saturated carbocycles. The van der Waals surface area contributed by atoms with Gasteiger partial charge >= 0.3 is 5.97 Å². The van der Waals surface area contributed by atoms with Gasteiger partial charge in [0.2, 0.25) is 0 Å². The fourth-order valence-electron chi connectivity index (χ4n) is 1.30. The van der Waals surface area contributed by atoms with Gasteiger partial charge in [0, 0.05) is 6.07 Å². The Hall–Kier alpha value is -2.50. The van der Waals surface area contributed by atoms with Crippen LogP contribution in [0, 0.1) is 0 Å². The van der Waals surface area contributed by atoms with Crippen molar-refractivity contribution in [3.8, 4) is 11.4 Å². The monoisotopic (exact) mass is 219 g/mol. The first-order chi connectivity index (χ1) is 7.58. The maximum absolute atomic E-state index is 10.7. The highest BCUT2D eigenvalue weighted by molar-refractivity contribution is 5.86. The highest BCUT2D eigenvalue weighted by Crippen LogP contribution is 2.17. The van der Waals surface area contributed by atoms with Crippen molar-refractivity contribution in [1.29, 1.82) is 0 Å². The number of phenols is 1. The summed E-state index contributed by atoms with van der Waals surface area (Å²) >= 11 is 0. The third kappa shape index (κ3) is 1.68. The number of nitrogen functional groups attached to an aromatic ring is 1. The van der Waals surface area contributed by atoms with Crippen LogP contribution in [0.3, 0.4) is 0 Å². The SMILES string of the molecule is Nc1cc(C(=O)O)nn1-c1ccc(O)cc1. The third-order valence-electron chi connectivity index (χ3n) is 2.05. The van der Waals surface area contributed by atoms with E-state index < -0.39 is 5.97 Å². The number of phenolic OH excluding ortho intramolecular Hbond substituents is 1. The standard InChI is InChI=1S/C10H9N3O3/c11-9-5-8(10(15)16)12-13(9)6-1-3-7(14)4-2-6/h1-5,14H,11H2,(H,15,16). The van der Waals surface area contributed by atoms with E-state index in [2.05, 4.69) is 5.10 Å². The van der Waals surface area contributed by atoms with Crippen LogP contribution in [0.2, 0.25) is 0 Å². The number of aromatic carboxylic acids is 1. The number of hydrogen-bond donors (Lipinski definition) is 3. The van der Waals surface area contributed by atoms with Gasteiger partial charge in [0.1, 0.15) is 11.6 Å². The van der Waals surface area contributed by atoms with Crippen LogP contribution in [-0.2, 0) is 0 Å². The molecule has 82 valence electrons. The Morgan fingerprint density at radius 1 is 1.31 bits per heavy atom. The highest BCUT2D eigenvalue weighted by Gasteiger charge is 2.11. The molecule has 1 heterocycles. The van der Waals surface area contributed by atoms with E-state index in [1.165, 1.54) is 22.9 Å². The molecule has 0 aliphatic heterocycles. The number of aromatic nitrogens is 2. The first-order valence-electron chi connectivity index (χ1n) is 4.46. The number of aromatic hydroxyl groups is 1. The maximum Gasteiger partial charge on any atom is 0.356 e. The average Bonchev–Trinajstić information content (AvgIpc) is 2.62. The smallest absolute Gasteiger partial charge is 0.356 e. The van der Waals surface area contributed by atoms with Gasteiger partial charge in [-0.1, -0.05) is 0 Å². The summed E-state index contributed by atoms with van der Waals surface area (Å²) in [6.07, 6.45) is 0. The zero-order chi connectivity index (χ0) is 11.7. The van der Waals surface area contributed by atoms with Crippen molar-refractivity contribution in [1.82, 2.24) is 9.78 Å². The van der Waals surface area contributed by atoms with Crippen molar-refractivity contribution >= 4 is 11.8 Å². The van der Waals surface area contributed by atoms with Gasteiger partial charge in [-0.3, -0.25) is 0 Å². The number of hydrogen-bond acceptors (Lipinski definition) is 4. The van der Waals surface area contributed by atoms with E-state index in [1.54, 1.807) is 12.1 Å². The van der Waals surface area contributed by atoms with Crippen LogP contribution in [0.1, 0.15) is 10.5 Å². The molecule has 1 aromatic carbocycles. The van der Waals surface area contributed by atoms with Crippen LogP contribution in [0.5, 0.6) is 5.75 Å². The minimum Gasteiger partial charge on any atom is -0.508 e. The molecule has 6 heteroatoms. The molecule has 0 unspecified atom stereocenters. The summed E-state index contributed by atoms with van der Waals surface area (Å²) in [5, 5.41) is 21.7. The van der Waals surface area contributed by atoms with Gasteiger partial charge in [-0.25, -0.2) is 9.48 Å². The second kappa shape index (κ2) is 3.58. The third-order valence-corrected chi connectivity index (χ3v) is 2.05. The van der Waals surface area contributed by atoms with Gasteiger partial charge in [0.05, 0.1) is 5.69 Å². The lowest BCUT2D eigenvalue weighted by Crippen LogP contribution is -2.03. The molecule has 2 aromatic rings. The molecule has 1 aromatic heterocycles. The average molecular weight is 219 g/mol. The number of benzene rings is 1. The number of carboxylic acids is 1. The van der Waals surface area contributed by atoms with E-state index in [9.17, 15) is 4.79 Å². The summed E-state index contributed by atoms with van der Waals surface area (Å²) < 4.78 is 1.29. The Morgan fingerprint density at radius 3 is 2.44 bits per heavy atom. The van der Waals surface area contributed by atoms with E-state index in [0.29, 0.717) is 5.69 Å². The molecule has 16 heavy (non-hydrogen) atoms. The lowest BCUT2D eigenvalue weighted by Gasteiger charge is -2.03. The van der Waals surface area contributed by atoms with Crippen LogP contribution in [0.25, 0.3) is 5.69 Å². The molecular formula is C10H9N3O3. The largest absolute Gasteiger partial charge is 0.508 e. The maximum atomic E-state index is 10.7. The molecule has 0 spiro atoms. The van der Waals surface area contributed by atoms with Gasteiger partial charge in [0.15, 0.2) is 5.69 Å². The molecule has 0 bridgehead atoms. The number of rotatable bonds is 2. The summed E-state index contributed by atoms with van der Waals surface area (Å²) in [6, 6.07) is 7.39. The summed E-state index contributed by atoms with van der Waals surface area (Å²) in [6.45, 7) is 0. The molecule has 6 nitrogen and oxygen atoms in total. The number of nitrogens with zero attached hydrogens (tertiary/aromatic N) is 2. The number of nitrogens with two attached hydrogens (primary N) is 1. The molecule has 0 aliphatic rings. The van der Waals surface area contributed by atoms with Crippen LogP contribution in [-0.4, -0.2) is 26.0 Å². The molecule has 0 aliphatic carbocycles. The fourth-order valence-corrected chi connectivity index (χ4v) is 1.30. The van der Waals surface area contributed by atoms with Crippen molar-refractivity contribution in [2.45, 2.75) is 0 Å². The molecule has 4 N–H and O–H groups in total. The minimum absolute atomic E-state index is 0.118. The van der Waals surface area contributed by atoms with Crippen molar-refractivity contribution in [3.05, 3.63) is 36.0 Å². The molecule has 0 amide bonds. The van der Waals surface area contributed by atoms with Crippen LogP contribution in [0.15, 0.2) is 30.3 Å². The van der Waals surface area contributed by atoms with E-state index in [-0.39, 0.29) is 17.3 Å². The molecule has 0 atom stereocenters. The lowest BCUT2D eigenvalue weighted by molar-refractivity contribution is 0.0690. The zero-order valence-corrected chi connectivity index (χ0v) is 8.16. The molecule has 0 radical (unpaired) electrons. The van der Waals surface area contributed by atoms with Gasteiger partial charge in [0.25, 0.3) is 0 Å². The Morgan fingerprint density at radius 2 is 1.94 bits per heavy atom. The summed E-state index contributed by atoms with van der Waals surface area (Å²) in [4.78, 5) is 10.7. The highest BCUT2D eigenvalue weighted by atomic mass is 16.4. The number of carbonyl (C=O) groups is 1. The quantitative estimate of drug-likeness (QED) is 0.695. The Labute approximate surface area is 90.6 Å². The first-order valence-corrected chi connectivity index (χ1v) is 4.46. The van der Waals surface area contributed by atoms with Gasteiger partial charge in [-0.05, 0) is 24.3 Å². The zero-order valence-electron chi connectivity index (χ0n) is 8.16. The molecule has 0 fully saturated rings. The number of anilines is 1. The van der Waals surface area contributed by atoms with Crippen LogP contribution < -0.4 is 5.73 Å². The molecule has 2 rings (SSSR count). The predicted octanol–water partition coefficient (Wildman–Crippen LogP) is 0.858. The topological polar surface area (TPSA) is 101 Å². The van der Waals surface area contributed by atoms with Gasteiger partial charge < -0.3 is 15.9 Å². The van der Waals surface area contributed by atoms with E-state index in [4.69, 9.17) is 15.9 Å². The van der Waals surface area contributed by atoms with Crippen molar-refractivity contribution in [2.75, 3.05) is 5.73 Å². The second-order valence-corrected chi connectivity index (χ2v) is 3.19. The van der Waals surface area contributed by atoms with Gasteiger partial charge in [-0.2, -0.15) is 5.10 Å². The van der Waals surface area contributed by atoms with E-state index in [0.717, 1.165) is 0 Å². The predicted molar refractivity (Wildman–Crippen MR) is 56.6 cm³/mol. The summed E-state index contributed by atoms with van der Waals surface area (Å²) in [5.74, 6) is -0.791. The van der Waals surface area contributed by atoms with Crippen LogP contribution >= 0.6 is 0 Å². The minimum atomic E-state index is -1.13. The van der Waals surface area contributed by atoms with Crippen molar-refractivity contribution in [2.24, 2.45) is 0 Å². The van der Waals surface area contributed by atoms with Crippen molar-refractivity contribution in [3.63, 3.8) is 0 Å². The lowest BCUT2D eigenvalue weighted by atomic mass is 10.3. The van der Waals surface area contributed by atoms with E-state index >= 15 is 0 Å². The molecular weight excluding hydrogens is 210 g/mol. The second-order valence-electron chi connectivity index (χ2n) is 3.19. The Bertz CT molecular complexity index is 531. The summed E-state index contributed by atoms with van der Waals surface area (Å²) in [5.41, 5.74) is 6.09. The van der Waals surface area contributed by atoms with Crippen LogP contribution in [0.4, 0.5) is 5.82 Å².